The van der Waals surface area contributed by atoms with Crippen LogP contribution in [0, 0.1) is 12.4 Å². The summed E-state index contributed by atoms with van der Waals surface area (Å²) in [4.78, 5) is 30.8. The minimum atomic E-state index is -0.772. The molecule has 2 heterocycles. The van der Waals surface area contributed by atoms with Crippen molar-refractivity contribution in [3.8, 4) is 22.6 Å². The number of carbonyl (C=O) groups is 1. The van der Waals surface area contributed by atoms with Crippen molar-refractivity contribution in [1.82, 2.24) is 15.0 Å². The Labute approximate surface area is 207 Å². The predicted octanol–water partition coefficient (Wildman–Crippen LogP) is 6.40. The van der Waals surface area contributed by atoms with Crippen LogP contribution < -0.4 is 0 Å². The van der Waals surface area contributed by atoms with Crippen molar-refractivity contribution >= 4 is 16.7 Å². The molecule has 0 saturated carbocycles. The van der Waals surface area contributed by atoms with E-state index in [-0.39, 0.29) is 17.3 Å². The number of benzene rings is 2. The van der Waals surface area contributed by atoms with Gasteiger partial charge in [0.15, 0.2) is 11.6 Å². The molecule has 0 fully saturated rings. The number of carbonyl (C=O) groups excluding carboxylic acids is 1. The van der Waals surface area contributed by atoms with Gasteiger partial charge >= 0.3 is 0 Å². The van der Waals surface area contributed by atoms with E-state index in [1.807, 2.05) is 37.3 Å². The number of nitrogens with zero attached hydrogens (tertiary/aromatic N) is 4. The molecule has 5 nitrogen and oxygen atoms in total. The summed E-state index contributed by atoms with van der Waals surface area (Å²) in [6.07, 6.45) is 4.64. The zero-order valence-corrected chi connectivity index (χ0v) is 19.8. The second-order valence-electron chi connectivity index (χ2n) is 9.35. The lowest BCUT2D eigenvalue weighted by molar-refractivity contribution is -0.112. The molecule has 0 N–H and O–H groups in total. The lowest BCUT2D eigenvalue weighted by Crippen LogP contribution is -2.36. The zero-order valence-electron chi connectivity index (χ0n) is 19.8. The zero-order chi connectivity index (χ0) is 25.0. The molecule has 2 aliphatic carbocycles. The summed E-state index contributed by atoms with van der Waals surface area (Å²) < 4.78 is 15.1. The van der Waals surface area contributed by atoms with Gasteiger partial charge in [0.25, 0.3) is 0 Å². The fourth-order valence-corrected chi connectivity index (χ4v) is 5.57. The Morgan fingerprint density at radius 1 is 1.00 bits per heavy atom. The second kappa shape index (κ2) is 8.03. The molecule has 6 rings (SSSR count). The molecular formula is C30H21FN4O. The van der Waals surface area contributed by atoms with Crippen molar-refractivity contribution in [3.05, 3.63) is 112 Å². The molecule has 36 heavy (non-hydrogen) atoms. The maximum absolute atomic E-state index is 15.1. The number of allylic oxidation sites excluding steroid dienone is 3. The minimum Gasteiger partial charge on any atom is -0.303 e. The summed E-state index contributed by atoms with van der Waals surface area (Å²) in [5.74, 6) is -0.132. The van der Waals surface area contributed by atoms with E-state index in [1.165, 1.54) is 6.07 Å². The first-order chi connectivity index (χ1) is 17.4. The van der Waals surface area contributed by atoms with Crippen molar-refractivity contribution in [2.45, 2.75) is 32.1 Å². The van der Waals surface area contributed by atoms with Gasteiger partial charge in [-0.2, -0.15) is 0 Å². The Morgan fingerprint density at radius 2 is 1.78 bits per heavy atom. The van der Waals surface area contributed by atoms with Crippen LogP contribution in [0.5, 0.6) is 0 Å². The second-order valence-corrected chi connectivity index (χ2v) is 9.35. The van der Waals surface area contributed by atoms with Crippen LogP contribution in [0.2, 0.25) is 0 Å². The van der Waals surface area contributed by atoms with Gasteiger partial charge in [-0.3, -0.25) is 4.98 Å². The van der Waals surface area contributed by atoms with Gasteiger partial charge in [-0.15, -0.1) is 0 Å². The van der Waals surface area contributed by atoms with Crippen LogP contribution >= 0.6 is 0 Å². The molecule has 6 heteroatoms. The summed E-state index contributed by atoms with van der Waals surface area (Å²) >= 11 is 0. The molecule has 0 saturated heterocycles. The molecule has 2 aromatic heterocycles. The molecule has 1 atom stereocenters. The van der Waals surface area contributed by atoms with Gasteiger partial charge in [0.2, 0.25) is 5.70 Å². The Kier molecular flexibility index (Phi) is 4.90. The van der Waals surface area contributed by atoms with E-state index in [9.17, 15) is 4.79 Å². The van der Waals surface area contributed by atoms with Gasteiger partial charge < -0.3 is 4.79 Å². The highest BCUT2D eigenvalue weighted by atomic mass is 19.1. The highest BCUT2D eigenvalue weighted by Gasteiger charge is 2.43. The molecule has 4 aromatic rings. The molecule has 0 radical (unpaired) electrons. The van der Waals surface area contributed by atoms with E-state index in [0.29, 0.717) is 41.2 Å². The number of hydrogen-bond donors (Lipinski definition) is 0. The smallest absolute Gasteiger partial charge is 0.231 e. The third-order valence-electron chi connectivity index (χ3n) is 7.34. The summed E-state index contributed by atoms with van der Waals surface area (Å²) in [6.45, 7) is 11.4. The molecule has 0 amide bonds. The van der Waals surface area contributed by atoms with Crippen molar-refractivity contribution in [2.75, 3.05) is 0 Å². The summed E-state index contributed by atoms with van der Waals surface area (Å²) in [7, 11) is 0. The first-order valence-corrected chi connectivity index (χ1v) is 11.8. The summed E-state index contributed by atoms with van der Waals surface area (Å²) in [5, 5.41) is 0.892. The molecule has 0 spiro atoms. The molecule has 0 bridgehead atoms. The number of fused-ring (bicyclic) bond motifs is 4. The van der Waals surface area contributed by atoms with E-state index in [4.69, 9.17) is 16.5 Å². The van der Waals surface area contributed by atoms with Crippen LogP contribution in [0.25, 0.3) is 38.4 Å². The molecule has 0 aliphatic heterocycles. The van der Waals surface area contributed by atoms with Gasteiger partial charge in [-0.25, -0.2) is 19.2 Å². The van der Waals surface area contributed by atoms with Crippen LogP contribution in [-0.4, -0.2) is 20.7 Å². The van der Waals surface area contributed by atoms with Crippen LogP contribution in [0.3, 0.4) is 0 Å². The van der Waals surface area contributed by atoms with E-state index >= 15 is 4.39 Å². The van der Waals surface area contributed by atoms with Gasteiger partial charge in [0, 0.05) is 33.7 Å². The van der Waals surface area contributed by atoms with Gasteiger partial charge in [0.05, 0.1) is 23.5 Å². The fourth-order valence-electron chi connectivity index (χ4n) is 5.57. The lowest BCUT2D eigenvalue weighted by atomic mass is 9.65. The maximum Gasteiger partial charge on any atom is 0.231 e. The summed E-state index contributed by atoms with van der Waals surface area (Å²) in [5.41, 5.74) is 4.97. The number of ketones is 1. The molecule has 2 aliphatic rings. The minimum absolute atomic E-state index is 0.0913. The summed E-state index contributed by atoms with van der Waals surface area (Å²) in [6, 6.07) is 16.2. The normalized spacial score (nSPS) is 18.9. The largest absolute Gasteiger partial charge is 0.303 e. The monoisotopic (exact) mass is 472 g/mol. The number of Topliss-reactive ketones (excluding diaryl/α,β-unsaturated/α-hetero) is 1. The van der Waals surface area contributed by atoms with E-state index in [2.05, 4.69) is 9.83 Å². The van der Waals surface area contributed by atoms with E-state index in [0.717, 1.165) is 27.6 Å². The molecular weight excluding hydrogens is 451 g/mol. The number of para-hydroxylation sites is 1. The standard InChI is InChI=1S/C30H21FN4O/c1-17-22-13-12-21-26(20-9-4-6-10-23(20)31)34-29(19-14-15-33-24-11-7-5-8-18(19)24)35-28(21)30(22,2)16-25(32-3)27(17)36/h4-11,14-16H,12-13H2,1-2H3/t30-/m1/s1. The first kappa shape index (κ1) is 22.0. The predicted molar refractivity (Wildman–Crippen MR) is 136 cm³/mol. The van der Waals surface area contributed by atoms with Crippen molar-refractivity contribution in [2.24, 2.45) is 0 Å². The lowest BCUT2D eigenvalue weighted by Gasteiger charge is -2.39. The van der Waals surface area contributed by atoms with Crippen LogP contribution in [0.4, 0.5) is 4.39 Å². The maximum atomic E-state index is 15.1. The van der Waals surface area contributed by atoms with Crippen molar-refractivity contribution in [3.63, 3.8) is 0 Å². The van der Waals surface area contributed by atoms with Crippen LogP contribution in [-0.2, 0) is 16.6 Å². The van der Waals surface area contributed by atoms with Crippen molar-refractivity contribution < 1.29 is 9.18 Å². The number of hydrogen-bond acceptors (Lipinski definition) is 4. The molecule has 2 aromatic carbocycles. The van der Waals surface area contributed by atoms with E-state index in [1.54, 1.807) is 37.4 Å². The van der Waals surface area contributed by atoms with Crippen LogP contribution in [0.15, 0.2) is 83.7 Å². The number of halogens is 1. The first-order valence-electron chi connectivity index (χ1n) is 11.8. The highest BCUT2D eigenvalue weighted by molar-refractivity contribution is 6.11. The highest BCUT2D eigenvalue weighted by Crippen LogP contribution is 2.49. The average Bonchev–Trinajstić information content (AvgIpc) is 2.90. The fraction of sp³-hybridized carbons (Fsp3) is 0.167. The van der Waals surface area contributed by atoms with Crippen molar-refractivity contribution in [1.29, 1.82) is 0 Å². The Morgan fingerprint density at radius 3 is 2.58 bits per heavy atom. The van der Waals surface area contributed by atoms with Gasteiger partial charge in [0.1, 0.15) is 5.82 Å². The van der Waals surface area contributed by atoms with Gasteiger partial charge in [-0.1, -0.05) is 36.4 Å². The average molecular weight is 473 g/mol. The molecule has 0 unspecified atom stereocenters. The quantitative estimate of drug-likeness (QED) is 0.317. The SMILES string of the molecule is [C-]#[N+]C1=C[C@]2(C)C(=C(C)C1=O)CCc1c(-c3ccccc3F)nc(-c3ccnc4ccccc34)nc12. The number of aromatic nitrogens is 3. The van der Waals surface area contributed by atoms with Crippen LogP contribution in [0.1, 0.15) is 31.5 Å². The Hall–Kier alpha value is -4.50. The topological polar surface area (TPSA) is 60.1 Å². The van der Waals surface area contributed by atoms with E-state index < -0.39 is 5.41 Å². The third kappa shape index (κ3) is 3.13. The number of rotatable bonds is 2. The van der Waals surface area contributed by atoms with Gasteiger partial charge in [-0.05, 0) is 62.1 Å². The molecule has 174 valence electrons. The Balaban J connectivity index is 1.72. The number of pyridine rings is 1. The Bertz CT molecular complexity index is 1710. The third-order valence-corrected chi connectivity index (χ3v) is 7.34.